The van der Waals surface area contributed by atoms with Gasteiger partial charge in [-0.1, -0.05) is 0 Å². The summed E-state index contributed by atoms with van der Waals surface area (Å²) in [6, 6.07) is 3.95. The van der Waals surface area contributed by atoms with Gasteiger partial charge in [0.05, 0.1) is 13.2 Å². The van der Waals surface area contributed by atoms with Gasteiger partial charge in [-0.3, -0.25) is 0 Å². The summed E-state index contributed by atoms with van der Waals surface area (Å²) in [5.74, 6) is 0.420. The third-order valence-electron chi connectivity index (χ3n) is 3.69. The zero-order valence-corrected chi connectivity index (χ0v) is 10.7. The van der Waals surface area contributed by atoms with Crippen LogP contribution in [0.3, 0.4) is 0 Å². The predicted molar refractivity (Wildman–Crippen MR) is 66.5 cm³/mol. The average molecular weight is 249 g/mol. The summed E-state index contributed by atoms with van der Waals surface area (Å²) in [7, 11) is 0. The van der Waals surface area contributed by atoms with Crippen molar-refractivity contribution in [2.45, 2.75) is 44.5 Å². The third kappa shape index (κ3) is 2.49. The number of rotatable bonds is 2. The molecule has 0 N–H and O–H groups in total. The molecule has 2 heterocycles. The lowest BCUT2D eigenvalue weighted by Gasteiger charge is -2.35. The van der Waals surface area contributed by atoms with Gasteiger partial charge >= 0.3 is 0 Å². The summed E-state index contributed by atoms with van der Waals surface area (Å²) in [5.41, 5.74) is 1.18. The van der Waals surface area contributed by atoms with E-state index in [4.69, 9.17) is 14.2 Å². The number of hydrogen-bond donors (Lipinski definition) is 0. The van der Waals surface area contributed by atoms with Crippen LogP contribution in [0.1, 0.15) is 31.2 Å². The zero-order chi connectivity index (χ0) is 12.4. The molecule has 1 aromatic heterocycles. The minimum absolute atomic E-state index is 0.234. The predicted octanol–water partition coefficient (Wildman–Crippen LogP) is 2.45. The smallest absolute Gasteiger partial charge is 0.213 e. The van der Waals surface area contributed by atoms with Crippen molar-refractivity contribution in [1.29, 1.82) is 0 Å². The fourth-order valence-corrected chi connectivity index (χ4v) is 2.68. The minimum Gasteiger partial charge on any atom is -0.474 e. The number of nitrogens with zero attached hydrogens (tertiary/aromatic N) is 1. The van der Waals surface area contributed by atoms with E-state index < -0.39 is 0 Å². The first kappa shape index (κ1) is 11.9. The molecule has 4 heteroatoms. The molecule has 0 atom stereocenters. The van der Waals surface area contributed by atoms with Crippen molar-refractivity contribution >= 4 is 0 Å². The van der Waals surface area contributed by atoms with Gasteiger partial charge in [0.25, 0.3) is 0 Å². The van der Waals surface area contributed by atoms with Gasteiger partial charge in [0, 0.05) is 25.1 Å². The van der Waals surface area contributed by atoms with Crippen LogP contribution in [0.2, 0.25) is 0 Å². The molecule has 0 radical (unpaired) electrons. The van der Waals surface area contributed by atoms with E-state index in [0.29, 0.717) is 0 Å². The Morgan fingerprint density at radius 2 is 2.00 bits per heavy atom. The summed E-state index contributed by atoms with van der Waals surface area (Å²) in [6.07, 6.45) is 5.80. The Balaban J connectivity index is 1.57. The van der Waals surface area contributed by atoms with Crippen LogP contribution >= 0.6 is 0 Å². The summed E-state index contributed by atoms with van der Waals surface area (Å²) >= 11 is 0. The summed E-state index contributed by atoms with van der Waals surface area (Å²) < 4.78 is 17.3. The molecule has 1 aromatic rings. The fourth-order valence-electron chi connectivity index (χ4n) is 2.68. The molecule has 2 fully saturated rings. The van der Waals surface area contributed by atoms with Crippen molar-refractivity contribution in [2.24, 2.45) is 0 Å². The topological polar surface area (TPSA) is 40.6 Å². The van der Waals surface area contributed by atoms with E-state index in [1.807, 2.05) is 19.1 Å². The largest absolute Gasteiger partial charge is 0.474 e. The Kier molecular flexibility index (Phi) is 3.22. The normalized spacial score (nSPS) is 23.4. The zero-order valence-electron chi connectivity index (χ0n) is 10.7. The van der Waals surface area contributed by atoms with Crippen LogP contribution in [0.5, 0.6) is 5.88 Å². The highest BCUT2D eigenvalue weighted by Crippen LogP contribution is 2.36. The molecular formula is C14H19NO3. The maximum atomic E-state index is 5.92. The van der Waals surface area contributed by atoms with Crippen molar-refractivity contribution in [3.8, 4) is 5.88 Å². The van der Waals surface area contributed by atoms with Crippen LogP contribution in [0.4, 0.5) is 0 Å². The highest BCUT2D eigenvalue weighted by atomic mass is 16.7. The highest BCUT2D eigenvalue weighted by molar-refractivity contribution is 5.19. The first-order valence-corrected chi connectivity index (χ1v) is 6.63. The molecule has 0 bridgehead atoms. The Hall–Kier alpha value is -1.13. The van der Waals surface area contributed by atoms with Crippen LogP contribution in [0.15, 0.2) is 18.3 Å². The molecule has 1 aliphatic heterocycles. The quantitative estimate of drug-likeness (QED) is 0.807. The second-order valence-electron chi connectivity index (χ2n) is 5.10. The van der Waals surface area contributed by atoms with Gasteiger partial charge in [-0.05, 0) is 31.4 Å². The Morgan fingerprint density at radius 3 is 2.67 bits per heavy atom. The number of aryl methyl sites for hydroxylation is 1. The Labute approximate surface area is 107 Å². The molecule has 18 heavy (non-hydrogen) atoms. The van der Waals surface area contributed by atoms with Crippen molar-refractivity contribution in [2.75, 3.05) is 13.2 Å². The second-order valence-corrected chi connectivity index (χ2v) is 5.10. The van der Waals surface area contributed by atoms with Crippen LogP contribution in [0, 0.1) is 6.92 Å². The van der Waals surface area contributed by atoms with Crippen molar-refractivity contribution in [1.82, 2.24) is 4.98 Å². The number of ether oxygens (including phenoxy) is 3. The molecule has 3 rings (SSSR count). The Morgan fingerprint density at radius 1 is 1.28 bits per heavy atom. The van der Waals surface area contributed by atoms with Gasteiger partial charge in [-0.25, -0.2) is 4.98 Å². The number of pyridine rings is 1. The molecule has 1 saturated carbocycles. The SMILES string of the molecule is Cc1ccnc(OC2CCC3(CC2)OCCO3)c1. The molecule has 0 amide bonds. The molecule has 0 unspecified atom stereocenters. The van der Waals surface area contributed by atoms with E-state index >= 15 is 0 Å². The van der Waals surface area contributed by atoms with Gasteiger partial charge in [0.15, 0.2) is 5.79 Å². The fraction of sp³-hybridized carbons (Fsp3) is 0.643. The summed E-state index contributed by atoms with van der Waals surface area (Å²) in [5, 5.41) is 0. The number of aromatic nitrogens is 1. The maximum Gasteiger partial charge on any atom is 0.213 e. The van der Waals surface area contributed by atoms with E-state index in [1.54, 1.807) is 6.20 Å². The van der Waals surface area contributed by atoms with Gasteiger partial charge in [-0.2, -0.15) is 0 Å². The molecule has 4 nitrogen and oxygen atoms in total. The lowest BCUT2D eigenvalue weighted by Crippen LogP contribution is -2.38. The lowest BCUT2D eigenvalue weighted by molar-refractivity contribution is -0.186. The minimum atomic E-state index is -0.306. The van der Waals surface area contributed by atoms with Crippen molar-refractivity contribution < 1.29 is 14.2 Å². The van der Waals surface area contributed by atoms with Crippen LogP contribution in [-0.4, -0.2) is 30.1 Å². The van der Waals surface area contributed by atoms with E-state index in [0.717, 1.165) is 44.8 Å². The van der Waals surface area contributed by atoms with Gasteiger partial charge in [0.2, 0.25) is 5.88 Å². The van der Waals surface area contributed by atoms with E-state index in [2.05, 4.69) is 4.98 Å². The lowest BCUT2D eigenvalue weighted by atomic mass is 9.92. The highest BCUT2D eigenvalue weighted by Gasteiger charge is 2.40. The number of hydrogen-bond acceptors (Lipinski definition) is 4. The molecule has 1 aliphatic carbocycles. The monoisotopic (exact) mass is 249 g/mol. The second kappa shape index (κ2) is 4.86. The van der Waals surface area contributed by atoms with E-state index in [1.165, 1.54) is 5.56 Å². The van der Waals surface area contributed by atoms with Gasteiger partial charge in [0.1, 0.15) is 6.10 Å². The first-order valence-electron chi connectivity index (χ1n) is 6.63. The first-order chi connectivity index (χ1) is 8.76. The summed E-state index contributed by atoms with van der Waals surface area (Å²) in [4.78, 5) is 4.24. The van der Waals surface area contributed by atoms with E-state index in [-0.39, 0.29) is 11.9 Å². The van der Waals surface area contributed by atoms with Crippen molar-refractivity contribution in [3.63, 3.8) is 0 Å². The Bertz CT molecular complexity index is 405. The van der Waals surface area contributed by atoms with Gasteiger partial charge in [-0.15, -0.1) is 0 Å². The molecule has 1 saturated heterocycles. The van der Waals surface area contributed by atoms with Crippen LogP contribution in [0.25, 0.3) is 0 Å². The molecule has 0 aromatic carbocycles. The van der Waals surface area contributed by atoms with E-state index in [9.17, 15) is 0 Å². The van der Waals surface area contributed by atoms with Crippen LogP contribution in [-0.2, 0) is 9.47 Å². The molecule has 2 aliphatic rings. The standard InChI is InChI=1S/C14H19NO3/c1-11-4-7-15-13(10-11)18-12-2-5-14(6-3-12)16-8-9-17-14/h4,7,10,12H,2-3,5-6,8-9H2,1H3. The van der Waals surface area contributed by atoms with Gasteiger partial charge < -0.3 is 14.2 Å². The third-order valence-corrected chi connectivity index (χ3v) is 3.69. The molecule has 1 spiro atoms. The molecule has 98 valence electrons. The summed E-state index contributed by atoms with van der Waals surface area (Å²) in [6.45, 7) is 3.50. The van der Waals surface area contributed by atoms with Crippen LogP contribution < -0.4 is 4.74 Å². The molecular weight excluding hydrogens is 230 g/mol. The maximum absolute atomic E-state index is 5.92. The van der Waals surface area contributed by atoms with Crippen molar-refractivity contribution in [3.05, 3.63) is 23.9 Å². The average Bonchev–Trinajstić information content (AvgIpc) is 2.81.